The molecule has 0 saturated carbocycles. The number of hydrogen-bond donors (Lipinski definition) is 1. The second kappa shape index (κ2) is 5.87. The van der Waals surface area contributed by atoms with Gasteiger partial charge in [-0.25, -0.2) is 4.79 Å². The van der Waals surface area contributed by atoms with E-state index in [-0.39, 0.29) is 5.78 Å². The molecule has 1 unspecified atom stereocenters. The third kappa shape index (κ3) is 3.13. The Hall–Kier alpha value is -1.84. The molecule has 0 fully saturated rings. The zero-order valence-electron chi connectivity index (χ0n) is 11.0. The molecule has 0 amide bonds. The van der Waals surface area contributed by atoms with Crippen LogP contribution in [0.15, 0.2) is 18.2 Å². The van der Waals surface area contributed by atoms with Crippen molar-refractivity contribution in [3.63, 3.8) is 0 Å². The highest BCUT2D eigenvalue weighted by molar-refractivity contribution is 5.98. The molecule has 0 saturated heterocycles. The highest BCUT2D eigenvalue weighted by Crippen LogP contribution is 2.26. The Morgan fingerprint density at radius 3 is 2.89 bits per heavy atom. The van der Waals surface area contributed by atoms with E-state index in [0.29, 0.717) is 24.2 Å². The first-order valence-electron chi connectivity index (χ1n) is 6.67. The van der Waals surface area contributed by atoms with Crippen molar-refractivity contribution in [2.45, 2.75) is 45.1 Å². The lowest BCUT2D eigenvalue weighted by molar-refractivity contribution is -0.145. The number of carboxylic acid groups (broad SMARTS) is 1. The monoisotopic (exact) mass is 262 g/mol. The maximum atomic E-state index is 11.8. The van der Waals surface area contributed by atoms with Crippen LogP contribution in [0.25, 0.3) is 0 Å². The topological polar surface area (TPSA) is 63.6 Å². The summed E-state index contributed by atoms with van der Waals surface area (Å²) in [7, 11) is 0. The summed E-state index contributed by atoms with van der Waals surface area (Å²) in [6, 6.07) is 5.30. The van der Waals surface area contributed by atoms with Crippen LogP contribution in [-0.2, 0) is 11.2 Å². The van der Waals surface area contributed by atoms with Gasteiger partial charge in [0.15, 0.2) is 11.9 Å². The van der Waals surface area contributed by atoms with Crippen LogP contribution < -0.4 is 4.74 Å². The number of carbonyl (C=O) groups is 2. The number of hydrogen-bond acceptors (Lipinski definition) is 3. The summed E-state index contributed by atoms with van der Waals surface area (Å²) < 4.78 is 5.48. The lowest BCUT2D eigenvalue weighted by Crippen LogP contribution is -2.26. The molecule has 0 bridgehead atoms. The SMILES string of the molecule is CCCC(Oc1ccc2c(c1)C(=O)CCC2)C(=O)O. The molecule has 1 atom stereocenters. The molecule has 0 heterocycles. The normalized spacial score (nSPS) is 15.7. The van der Waals surface area contributed by atoms with Crippen LogP contribution in [0.1, 0.15) is 48.5 Å². The maximum absolute atomic E-state index is 11.8. The number of ketones is 1. The van der Waals surface area contributed by atoms with Gasteiger partial charge in [0.2, 0.25) is 0 Å². The molecule has 102 valence electrons. The van der Waals surface area contributed by atoms with E-state index in [0.717, 1.165) is 24.8 Å². The zero-order chi connectivity index (χ0) is 13.8. The molecular weight excluding hydrogens is 244 g/mol. The van der Waals surface area contributed by atoms with Crippen molar-refractivity contribution >= 4 is 11.8 Å². The Morgan fingerprint density at radius 1 is 1.42 bits per heavy atom. The summed E-state index contributed by atoms with van der Waals surface area (Å²) in [5.41, 5.74) is 1.72. The number of aliphatic carboxylic acids is 1. The van der Waals surface area contributed by atoms with E-state index >= 15 is 0 Å². The Morgan fingerprint density at radius 2 is 2.21 bits per heavy atom. The van der Waals surface area contributed by atoms with Gasteiger partial charge in [0.25, 0.3) is 0 Å². The number of aryl methyl sites for hydroxylation is 1. The number of fused-ring (bicyclic) bond motifs is 1. The lowest BCUT2D eigenvalue weighted by Gasteiger charge is -2.18. The number of rotatable bonds is 5. The molecule has 4 heteroatoms. The largest absolute Gasteiger partial charge is 0.479 e. The van der Waals surface area contributed by atoms with E-state index in [4.69, 9.17) is 9.84 Å². The molecule has 19 heavy (non-hydrogen) atoms. The number of ether oxygens (including phenoxy) is 1. The van der Waals surface area contributed by atoms with Gasteiger partial charge in [0.1, 0.15) is 5.75 Å². The number of carboxylic acids is 1. The average molecular weight is 262 g/mol. The minimum absolute atomic E-state index is 0.120. The molecule has 0 aliphatic heterocycles. The van der Waals surface area contributed by atoms with Crippen LogP contribution in [0.2, 0.25) is 0 Å². The Kier molecular flexibility index (Phi) is 4.20. The molecule has 1 aromatic carbocycles. The first-order chi connectivity index (χ1) is 9.11. The van der Waals surface area contributed by atoms with Crippen molar-refractivity contribution in [1.29, 1.82) is 0 Å². The zero-order valence-corrected chi connectivity index (χ0v) is 11.0. The van der Waals surface area contributed by atoms with Gasteiger partial charge < -0.3 is 9.84 Å². The minimum atomic E-state index is -0.967. The molecule has 1 aliphatic carbocycles. The summed E-state index contributed by atoms with van der Waals surface area (Å²) >= 11 is 0. The van der Waals surface area contributed by atoms with Crippen LogP contribution in [0.3, 0.4) is 0 Å². The van der Waals surface area contributed by atoms with Crippen molar-refractivity contribution in [3.05, 3.63) is 29.3 Å². The number of Topliss-reactive ketones (excluding diaryl/α,β-unsaturated/α-hetero) is 1. The summed E-state index contributed by atoms with van der Waals surface area (Å²) in [5.74, 6) is -0.380. The molecule has 0 spiro atoms. The standard InChI is InChI=1S/C15H18O4/c1-2-4-14(15(17)18)19-11-8-7-10-5-3-6-13(16)12(10)9-11/h7-9,14H,2-6H2,1H3,(H,17,18). The second-order valence-corrected chi connectivity index (χ2v) is 4.83. The lowest BCUT2D eigenvalue weighted by atomic mass is 9.90. The molecule has 1 aliphatic rings. The number of carbonyl (C=O) groups excluding carboxylic acids is 1. The predicted molar refractivity (Wildman–Crippen MR) is 70.7 cm³/mol. The van der Waals surface area contributed by atoms with Gasteiger partial charge >= 0.3 is 5.97 Å². The number of benzene rings is 1. The Labute approximate surface area is 112 Å². The van der Waals surface area contributed by atoms with E-state index < -0.39 is 12.1 Å². The van der Waals surface area contributed by atoms with Crippen LogP contribution in [0.4, 0.5) is 0 Å². The van der Waals surface area contributed by atoms with Crippen molar-refractivity contribution in [2.24, 2.45) is 0 Å². The van der Waals surface area contributed by atoms with Gasteiger partial charge in [0.05, 0.1) is 0 Å². The van der Waals surface area contributed by atoms with E-state index in [1.165, 1.54) is 0 Å². The highest BCUT2D eigenvalue weighted by atomic mass is 16.5. The van der Waals surface area contributed by atoms with Crippen molar-refractivity contribution < 1.29 is 19.4 Å². The fourth-order valence-corrected chi connectivity index (χ4v) is 2.34. The molecule has 2 rings (SSSR count). The van der Waals surface area contributed by atoms with Gasteiger partial charge in [-0.1, -0.05) is 19.4 Å². The van der Waals surface area contributed by atoms with Gasteiger partial charge in [-0.2, -0.15) is 0 Å². The van der Waals surface area contributed by atoms with Crippen LogP contribution in [0, 0.1) is 0 Å². The quantitative estimate of drug-likeness (QED) is 0.886. The van der Waals surface area contributed by atoms with Crippen LogP contribution >= 0.6 is 0 Å². The van der Waals surface area contributed by atoms with E-state index in [1.54, 1.807) is 12.1 Å². The maximum Gasteiger partial charge on any atom is 0.344 e. The average Bonchev–Trinajstić information content (AvgIpc) is 2.39. The fourth-order valence-electron chi connectivity index (χ4n) is 2.34. The molecule has 0 radical (unpaired) electrons. The molecule has 1 aromatic rings. The fraction of sp³-hybridized carbons (Fsp3) is 0.467. The van der Waals surface area contributed by atoms with Gasteiger partial charge in [-0.15, -0.1) is 0 Å². The van der Waals surface area contributed by atoms with Crippen LogP contribution in [-0.4, -0.2) is 23.0 Å². The van der Waals surface area contributed by atoms with Gasteiger partial charge in [0, 0.05) is 12.0 Å². The van der Waals surface area contributed by atoms with Gasteiger partial charge in [-0.3, -0.25) is 4.79 Å². The van der Waals surface area contributed by atoms with Crippen LogP contribution in [0.5, 0.6) is 5.75 Å². The van der Waals surface area contributed by atoms with Crippen molar-refractivity contribution in [1.82, 2.24) is 0 Å². The van der Waals surface area contributed by atoms with Gasteiger partial charge in [-0.05, 0) is 37.0 Å². The Bertz CT molecular complexity index is 493. The van der Waals surface area contributed by atoms with E-state index in [9.17, 15) is 9.59 Å². The summed E-state index contributed by atoms with van der Waals surface area (Å²) in [4.78, 5) is 22.9. The summed E-state index contributed by atoms with van der Waals surface area (Å²) in [6.07, 6.45) is 2.70. The summed E-state index contributed by atoms with van der Waals surface area (Å²) in [6.45, 7) is 1.91. The van der Waals surface area contributed by atoms with Crippen molar-refractivity contribution in [3.8, 4) is 5.75 Å². The first kappa shape index (κ1) is 13.6. The molecular formula is C15H18O4. The third-order valence-electron chi connectivity index (χ3n) is 3.34. The third-order valence-corrected chi connectivity index (χ3v) is 3.34. The smallest absolute Gasteiger partial charge is 0.344 e. The first-order valence-corrected chi connectivity index (χ1v) is 6.67. The molecule has 0 aromatic heterocycles. The predicted octanol–water partition coefficient (Wildman–Crippen LogP) is 2.84. The van der Waals surface area contributed by atoms with Crippen molar-refractivity contribution in [2.75, 3.05) is 0 Å². The molecule has 1 N–H and O–H groups in total. The Balaban J connectivity index is 2.19. The van der Waals surface area contributed by atoms with E-state index in [2.05, 4.69) is 0 Å². The second-order valence-electron chi connectivity index (χ2n) is 4.83. The highest BCUT2D eigenvalue weighted by Gasteiger charge is 2.21. The minimum Gasteiger partial charge on any atom is -0.479 e. The van der Waals surface area contributed by atoms with E-state index in [1.807, 2.05) is 13.0 Å². The molecule has 4 nitrogen and oxygen atoms in total. The summed E-state index contributed by atoms with van der Waals surface area (Å²) in [5, 5.41) is 9.06.